The molecule has 1 aliphatic heterocycles. The van der Waals surface area contributed by atoms with Gasteiger partial charge in [-0.05, 0) is 6.92 Å². The van der Waals surface area contributed by atoms with Crippen molar-refractivity contribution in [1.82, 2.24) is 9.55 Å². The van der Waals surface area contributed by atoms with Gasteiger partial charge in [-0.25, -0.2) is 9.11 Å². The lowest BCUT2D eigenvalue weighted by molar-refractivity contribution is -0.242. The first kappa shape index (κ1) is 20.2. The van der Waals surface area contributed by atoms with Crippen LogP contribution in [0, 0.1) is 6.92 Å². The Balaban J connectivity index is 2.06. The quantitative estimate of drug-likeness (QED) is 0.424. The number of aliphatic hydroxyl groups is 1. The fraction of sp³-hybridized carbons (Fsp3) is 0.600. The number of phosphoric acid groups is 2. The molecule has 15 heteroatoms. The minimum atomic E-state index is -5.57. The van der Waals surface area contributed by atoms with Crippen LogP contribution in [0.3, 0.4) is 0 Å². The minimum Gasteiger partial charge on any atom is -0.756 e. The molecule has 0 aromatic carbocycles. The number of hydrogen-bond acceptors (Lipinski definition) is 10. The molecule has 2 unspecified atom stereocenters. The van der Waals surface area contributed by atoms with Crippen molar-refractivity contribution in [1.29, 1.82) is 0 Å². The maximum Gasteiger partial charge on any atom is 0.330 e. The summed E-state index contributed by atoms with van der Waals surface area (Å²) >= 11 is 0. The predicted molar refractivity (Wildman–Crippen MR) is 75.1 cm³/mol. The molecule has 5 atom stereocenters. The average Bonchev–Trinajstić information content (AvgIpc) is 2.79. The summed E-state index contributed by atoms with van der Waals surface area (Å²) < 4.78 is 35.5. The summed E-state index contributed by atoms with van der Waals surface area (Å²) in [5.74, 6) is 0. The van der Waals surface area contributed by atoms with E-state index in [1.54, 1.807) is 0 Å². The topological polar surface area (TPSA) is 203 Å². The van der Waals surface area contributed by atoms with Crippen molar-refractivity contribution in [3.8, 4) is 0 Å². The molecule has 142 valence electrons. The van der Waals surface area contributed by atoms with Gasteiger partial charge in [0.1, 0.15) is 12.3 Å². The van der Waals surface area contributed by atoms with Crippen LogP contribution in [0.15, 0.2) is 15.8 Å². The molecule has 1 aromatic rings. The molecule has 13 nitrogen and oxygen atoms in total. The second kappa shape index (κ2) is 7.23. The fourth-order valence-corrected chi connectivity index (χ4v) is 3.68. The second-order valence-corrected chi connectivity index (χ2v) is 7.95. The highest BCUT2D eigenvalue weighted by Gasteiger charge is 2.36. The number of aromatic amines is 1. The lowest BCUT2D eigenvalue weighted by Gasteiger charge is -2.28. The van der Waals surface area contributed by atoms with E-state index in [2.05, 4.69) is 8.83 Å². The van der Waals surface area contributed by atoms with Crippen LogP contribution < -0.4 is 21.0 Å². The lowest BCUT2D eigenvalue weighted by Crippen LogP contribution is -2.33. The van der Waals surface area contributed by atoms with E-state index in [1.807, 2.05) is 4.98 Å². The molecule has 2 heterocycles. The van der Waals surface area contributed by atoms with E-state index >= 15 is 0 Å². The number of nitrogens with one attached hydrogen (secondary N) is 1. The smallest absolute Gasteiger partial charge is 0.330 e. The molecule has 3 N–H and O–H groups in total. The Labute approximate surface area is 139 Å². The van der Waals surface area contributed by atoms with E-state index in [0.717, 1.165) is 4.57 Å². The Morgan fingerprint density at radius 1 is 1.44 bits per heavy atom. The molecule has 0 radical (unpaired) electrons. The number of rotatable bonds is 6. The van der Waals surface area contributed by atoms with Gasteiger partial charge in [0.05, 0.1) is 12.7 Å². The zero-order valence-electron chi connectivity index (χ0n) is 12.6. The molecule has 0 bridgehead atoms. The van der Waals surface area contributed by atoms with Crippen LogP contribution >= 0.6 is 15.6 Å². The highest BCUT2D eigenvalue weighted by Crippen LogP contribution is 2.52. The van der Waals surface area contributed by atoms with Gasteiger partial charge in [-0.2, -0.15) is 0 Å². The Morgan fingerprint density at radius 3 is 2.68 bits per heavy atom. The normalized spacial score (nSPS) is 28.4. The number of aromatic nitrogens is 2. The maximum atomic E-state index is 11.8. The zero-order valence-corrected chi connectivity index (χ0v) is 14.4. The van der Waals surface area contributed by atoms with Gasteiger partial charge in [-0.3, -0.25) is 23.5 Å². The Kier molecular flexibility index (Phi) is 5.84. The van der Waals surface area contributed by atoms with Gasteiger partial charge in [-0.1, -0.05) is 0 Å². The van der Waals surface area contributed by atoms with Crippen molar-refractivity contribution in [3.05, 3.63) is 32.6 Å². The summed E-state index contributed by atoms with van der Waals surface area (Å²) in [4.78, 5) is 55.1. The summed E-state index contributed by atoms with van der Waals surface area (Å²) in [6.07, 6.45) is -2.41. The van der Waals surface area contributed by atoms with Crippen LogP contribution in [-0.2, 0) is 22.7 Å². The number of phosphoric ester groups is 1. The second-order valence-electron chi connectivity index (χ2n) is 5.20. The fourth-order valence-electron chi connectivity index (χ4n) is 2.15. The first-order valence-electron chi connectivity index (χ1n) is 6.74. The van der Waals surface area contributed by atoms with E-state index in [4.69, 9.17) is 9.63 Å². The van der Waals surface area contributed by atoms with Gasteiger partial charge in [-0.15, -0.1) is 0 Å². The molecule has 2 rings (SSSR count). The Morgan fingerprint density at radius 2 is 2.08 bits per heavy atom. The van der Waals surface area contributed by atoms with E-state index in [9.17, 15) is 33.6 Å². The maximum absolute atomic E-state index is 11.8. The van der Waals surface area contributed by atoms with Crippen LogP contribution in [-0.4, -0.2) is 38.4 Å². The van der Waals surface area contributed by atoms with Gasteiger partial charge in [0, 0.05) is 18.2 Å². The van der Waals surface area contributed by atoms with E-state index in [0.29, 0.717) is 0 Å². The summed E-state index contributed by atoms with van der Waals surface area (Å²) in [6.45, 7) is 0.622. The molecule has 0 saturated carbocycles. The standard InChI is InChI=1S/C10H16N2O11P2/c1-5-3-12(10(15)11-9(5)14)8-2-6(13)7(22-8)4-21-25(19,20)23-24(16,17)18/h3,6-8,13H,2,4H2,1H3,(H,19,20)(H,11,14,15)(H2,16,17,18)/p-2/t6-,7+,8+/m0/s1. The summed E-state index contributed by atoms with van der Waals surface area (Å²) in [7, 11) is -11.0. The van der Waals surface area contributed by atoms with E-state index in [-0.39, 0.29) is 12.0 Å². The molecule has 0 spiro atoms. The molecule has 25 heavy (non-hydrogen) atoms. The van der Waals surface area contributed by atoms with Crippen molar-refractivity contribution < 1.29 is 42.5 Å². The van der Waals surface area contributed by atoms with Crippen molar-refractivity contribution in [2.75, 3.05) is 6.61 Å². The van der Waals surface area contributed by atoms with Crippen LogP contribution in [0.25, 0.3) is 0 Å². The third kappa shape index (κ3) is 5.42. The molecule has 1 aliphatic rings. The third-order valence-corrected chi connectivity index (χ3v) is 5.35. The zero-order chi connectivity index (χ0) is 19.0. The van der Waals surface area contributed by atoms with Crippen LogP contribution in [0.1, 0.15) is 18.2 Å². The van der Waals surface area contributed by atoms with Gasteiger partial charge >= 0.3 is 5.69 Å². The van der Waals surface area contributed by atoms with E-state index in [1.165, 1.54) is 13.1 Å². The number of hydrogen-bond donors (Lipinski definition) is 3. The molecular formula is C10H14N2O11P2-2. The Bertz CT molecular complexity index is 842. The van der Waals surface area contributed by atoms with Crippen LogP contribution in [0.2, 0.25) is 0 Å². The largest absolute Gasteiger partial charge is 0.756 e. The number of ether oxygens (including phenoxy) is 1. The molecular weight excluding hydrogens is 386 g/mol. The lowest BCUT2D eigenvalue weighted by atomic mass is 10.2. The number of aryl methyl sites for hydroxylation is 1. The highest BCUT2D eigenvalue weighted by atomic mass is 31.3. The number of aliphatic hydroxyl groups excluding tert-OH is 1. The van der Waals surface area contributed by atoms with Crippen LogP contribution in [0.4, 0.5) is 0 Å². The van der Waals surface area contributed by atoms with Crippen LogP contribution in [0.5, 0.6) is 0 Å². The van der Waals surface area contributed by atoms with Crippen molar-refractivity contribution >= 4 is 15.6 Å². The summed E-state index contributed by atoms with van der Waals surface area (Å²) in [6, 6.07) is 0. The van der Waals surface area contributed by atoms with Gasteiger partial charge in [0.2, 0.25) is 0 Å². The number of nitrogens with zero attached hydrogens (tertiary/aromatic N) is 1. The molecule has 1 fully saturated rings. The average molecular weight is 400 g/mol. The third-order valence-electron chi connectivity index (χ3n) is 3.26. The monoisotopic (exact) mass is 400 g/mol. The van der Waals surface area contributed by atoms with Gasteiger partial charge in [0.15, 0.2) is 0 Å². The highest BCUT2D eigenvalue weighted by molar-refractivity contribution is 7.59. The Hall–Kier alpha value is -1.14. The first-order chi connectivity index (χ1) is 11.4. The number of H-pyrrole nitrogens is 1. The first-order valence-corrected chi connectivity index (χ1v) is 9.70. The molecule has 1 aromatic heterocycles. The van der Waals surface area contributed by atoms with Crippen molar-refractivity contribution in [3.63, 3.8) is 0 Å². The predicted octanol–water partition coefficient (Wildman–Crippen LogP) is -2.54. The van der Waals surface area contributed by atoms with Crippen molar-refractivity contribution in [2.24, 2.45) is 0 Å². The molecule has 0 aliphatic carbocycles. The molecule has 0 amide bonds. The minimum absolute atomic E-state index is 0.122. The summed E-state index contributed by atoms with van der Waals surface area (Å²) in [5.41, 5.74) is -1.17. The van der Waals surface area contributed by atoms with Gasteiger partial charge in [0.25, 0.3) is 21.2 Å². The van der Waals surface area contributed by atoms with E-state index < -0.39 is 51.9 Å². The summed E-state index contributed by atoms with van der Waals surface area (Å²) in [5, 5.41) is 9.87. The SMILES string of the molecule is Cc1cn([C@H]2C[C@H](O)[C@@H](COP(=O)([O-])OP(=O)([O-])O)O2)c(=O)[nH]c1=O. The van der Waals surface area contributed by atoms with Gasteiger partial charge < -0.3 is 29.0 Å². The molecule has 1 saturated heterocycles. The van der Waals surface area contributed by atoms with Crippen molar-refractivity contribution in [2.45, 2.75) is 31.8 Å².